The molecule has 5 heteroatoms. The Morgan fingerprint density at radius 2 is 2.21 bits per heavy atom. The number of rotatable bonds is 6. The Morgan fingerprint density at radius 1 is 1.37 bits per heavy atom. The van der Waals surface area contributed by atoms with Gasteiger partial charge in [0.05, 0.1) is 6.10 Å². The maximum absolute atomic E-state index is 10.2. The van der Waals surface area contributed by atoms with E-state index in [0.29, 0.717) is 12.8 Å². The van der Waals surface area contributed by atoms with E-state index in [2.05, 4.69) is 32.9 Å². The smallest absolute Gasteiger partial charge is 0.138 e. The first kappa shape index (κ1) is 14.2. The predicted octanol–water partition coefficient (Wildman–Crippen LogP) is 2.60. The van der Waals surface area contributed by atoms with Crippen LogP contribution in [0, 0.1) is 0 Å². The molecule has 1 unspecified atom stereocenters. The van der Waals surface area contributed by atoms with Crippen molar-refractivity contribution >= 4 is 15.9 Å². The lowest BCUT2D eigenvalue weighted by Crippen LogP contribution is -2.18. The van der Waals surface area contributed by atoms with Crippen molar-refractivity contribution in [3.05, 3.63) is 46.5 Å². The molecule has 0 fully saturated rings. The Kier molecular flexibility index (Phi) is 5.10. The second-order valence-electron chi connectivity index (χ2n) is 4.59. The fourth-order valence-corrected chi connectivity index (χ4v) is 2.51. The quantitative estimate of drug-likeness (QED) is 0.889. The molecular weight excluding hydrogens is 306 g/mol. The van der Waals surface area contributed by atoms with Crippen molar-refractivity contribution in [2.45, 2.75) is 38.8 Å². The summed E-state index contributed by atoms with van der Waals surface area (Å²) in [5, 5.41) is 14.3. The first-order chi connectivity index (χ1) is 9.19. The Labute approximate surface area is 121 Å². The minimum absolute atomic E-state index is 0.436. The van der Waals surface area contributed by atoms with Gasteiger partial charge in [0.25, 0.3) is 0 Å². The summed E-state index contributed by atoms with van der Waals surface area (Å²) in [4.78, 5) is 4.22. The van der Waals surface area contributed by atoms with Gasteiger partial charge in [-0.3, -0.25) is 4.68 Å². The summed E-state index contributed by atoms with van der Waals surface area (Å²) >= 11 is 3.44. The van der Waals surface area contributed by atoms with Crippen LogP contribution >= 0.6 is 15.9 Å². The van der Waals surface area contributed by atoms with E-state index in [0.717, 1.165) is 28.8 Å². The molecule has 0 aliphatic carbocycles. The molecule has 1 heterocycles. The number of aromatic nitrogens is 3. The number of hydrogen-bond donors (Lipinski definition) is 1. The predicted molar refractivity (Wildman–Crippen MR) is 77.9 cm³/mol. The van der Waals surface area contributed by atoms with Crippen LogP contribution in [0.5, 0.6) is 0 Å². The minimum atomic E-state index is -0.436. The Morgan fingerprint density at radius 3 is 2.95 bits per heavy atom. The van der Waals surface area contributed by atoms with Crippen LogP contribution in [0.3, 0.4) is 0 Å². The molecule has 2 rings (SSSR count). The molecule has 1 aromatic heterocycles. The topological polar surface area (TPSA) is 50.9 Å². The summed E-state index contributed by atoms with van der Waals surface area (Å²) in [6.45, 7) is 2.95. The molecule has 0 saturated heterocycles. The maximum atomic E-state index is 10.2. The van der Waals surface area contributed by atoms with E-state index in [4.69, 9.17) is 0 Å². The fourth-order valence-electron chi connectivity index (χ4n) is 2.06. The summed E-state index contributed by atoms with van der Waals surface area (Å²) < 4.78 is 2.90. The highest BCUT2D eigenvalue weighted by Crippen LogP contribution is 2.14. The van der Waals surface area contributed by atoms with E-state index in [9.17, 15) is 5.11 Å². The van der Waals surface area contributed by atoms with Gasteiger partial charge in [-0.05, 0) is 30.5 Å². The van der Waals surface area contributed by atoms with Crippen molar-refractivity contribution < 1.29 is 5.11 Å². The van der Waals surface area contributed by atoms with Crippen molar-refractivity contribution in [1.29, 1.82) is 0 Å². The highest BCUT2D eigenvalue weighted by Gasteiger charge is 2.11. The third-order valence-corrected chi connectivity index (χ3v) is 3.40. The van der Waals surface area contributed by atoms with Crippen LogP contribution in [-0.2, 0) is 19.4 Å². The van der Waals surface area contributed by atoms with Crippen molar-refractivity contribution in [1.82, 2.24) is 14.8 Å². The van der Waals surface area contributed by atoms with Gasteiger partial charge in [0, 0.05) is 17.4 Å². The maximum Gasteiger partial charge on any atom is 0.138 e. The summed E-state index contributed by atoms with van der Waals surface area (Å²) in [5.41, 5.74) is 1.11. The number of aryl methyl sites for hydroxylation is 1. The lowest BCUT2D eigenvalue weighted by atomic mass is 10.1. The van der Waals surface area contributed by atoms with Crippen LogP contribution < -0.4 is 0 Å². The lowest BCUT2D eigenvalue weighted by molar-refractivity contribution is 0.171. The minimum Gasteiger partial charge on any atom is -0.392 e. The summed E-state index contributed by atoms with van der Waals surface area (Å²) in [5.74, 6) is 0.851. The molecule has 0 bridgehead atoms. The summed E-state index contributed by atoms with van der Waals surface area (Å²) in [6.07, 6.45) is 3.29. The molecule has 19 heavy (non-hydrogen) atoms. The third kappa shape index (κ3) is 4.14. The van der Waals surface area contributed by atoms with Gasteiger partial charge in [0.15, 0.2) is 0 Å². The van der Waals surface area contributed by atoms with Gasteiger partial charge in [-0.15, -0.1) is 0 Å². The monoisotopic (exact) mass is 323 g/mol. The summed E-state index contributed by atoms with van der Waals surface area (Å²) in [6, 6.07) is 8.00. The number of benzene rings is 1. The molecule has 1 aromatic carbocycles. The number of aliphatic hydroxyl groups is 1. The Bertz CT molecular complexity index is 527. The second kappa shape index (κ2) is 6.82. The number of aliphatic hydroxyl groups excluding tert-OH is 1. The van der Waals surface area contributed by atoms with E-state index in [1.54, 1.807) is 6.33 Å². The SMILES string of the molecule is CCCn1ncnc1CC(O)Cc1cccc(Br)c1. The van der Waals surface area contributed by atoms with Gasteiger partial charge in [-0.25, -0.2) is 4.98 Å². The molecule has 0 amide bonds. The zero-order valence-electron chi connectivity index (χ0n) is 11.0. The van der Waals surface area contributed by atoms with E-state index in [1.165, 1.54) is 0 Å². The van der Waals surface area contributed by atoms with Gasteiger partial charge in [-0.2, -0.15) is 5.10 Å². The van der Waals surface area contributed by atoms with Crippen molar-refractivity contribution in [2.75, 3.05) is 0 Å². The zero-order chi connectivity index (χ0) is 13.7. The fraction of sp³-hybridized carbons (Fsp3) is 0.429. The van der Waals surface area contributed by atoms with Gasteiger partial charge in [0.1, 0.15) is 12.2 Å². The molecule has 2 aromatic rings. The van der Waals surface area contributed by atoms with Crippen LogP contribution in [-0.4, -0.2) is 26.0 Å². The van der Waals surface area contributed by atoms with Crippen LogP contribution in [0.4, 0.5) is 0 Å². The van der Waals surface area contributed by atoms with Crippen molar-refractivity contribution in [3.8, 4) is 0 Å². The Hall–Kier alpha value is -1.20. The first-order valence-corrected chi connectivity index (χ1v) is 7.27. The van der Waals surface area contributed by atoms with Crippen molar-refractivity contribution in [2.24, 2.45) is 0 Å². The summed E-state index contributed by atoms with van der Waals surface area (Å²) in [7, 11) is 0. The van der Waals surface area contributed by atoms with E-state index < -0.39 is 6.10 Å². The largest absolute Gasteiger partial charge is 0.392 e. The van der Waals surface area contributed by atoms with Crippen LogP contribution in [0.25, 0.3) is 0 Å². The highest BCUT2D eigenvalue weighted by molar-refractivity contribution is 9.10. The average Bonchev–Trinajstić information content (AvgIpc) is 2.77. The van der Waals surface area contributed by atoms with Gasteiger partial charge >= 0.3 is 0 Å². The molecule has 1 atom stereocenters. The molecule has 0 spiro atoms. The molecule has 0 aliphatic rings. The molecule has 4 nitrogen and oxygen atoms in total. The van der Waals surface area contributed by atoms with E-state index in [-0.39, 0.29) is 0 Å². The molecule has 0 radical (unpaired) electrons. The average molecular weight is 324 g/mol. The van der Waals surface area contributed by atoms with Crippen LogP contribution in [0.15, 0.2) is 35.1 Å². The number of halogens is 1. The molecule has 0 aliphatic heterocycles. The molecule has 0 saturated carbocycles. The van der Waals surface area contributed by atoms with E-state index in [1.807, 2.05) is 28.9 Å². The highest BCUT2D eigenvalue weighted by atomic mass is 79.9. The Balaban J connectivity index is 1.97. The number of nitrogens with zero attached hydrogens (tertiary/aromatic N) is 3. The lowest BCUT2D eigenvalue weighted by Gasteiger charge is -2.11. The van der Waals surface area contributed by atoms with Gasteiger partial charge in [-0.1, -0.05) is 35.0 Å². The second-order valence-corrected chi connectivity index (χ2v) is 5.51. The normalized spacial score (nSPS) is 12.6. The van der Waals surface area contributed by atoms with Gasteiger partial charge < -0.3 is 5.11 Å². The standard InChI is InChI=1S/C14H18BrN3O/c1-2-6-18-14(16-10-17-18)9-13(19)8-11-4-3-5-12(15)7-11/h3-5,7,10,13,19H,2,6,8-9H2,1H3. The van der Waals surface area contributed by atoms with Gasteiger partial charge in [0.2, 0.25) is 0 Å². The van der Waals surface area contributed by atoms with Crippen LogP contribution in [0.1, 0.15) is 24.7 Å². The molecule has 1 N–H and O–H groups in total. The zero-order valence-corrected chi connectivity index (χ0v) is 12.5. The van der Waals surface area contributed by atoms with Crippen molar-refractivity contribution in [3.63, 3.8) is 0 Å². The van der Waals surface area contributed by atoms with Crippen LogP contribution in [0.2, 0.25) is 0 Å². The molecular formula is C14H18BrN3O. The first-order valence-electron chi connectivity index (χ1n) is 6.48. The van der Waals surface area contributed by atoms with E-state index >= 15 is 0 Å². The number of hydrogen-bond acceptors (Lipinski definition) is 3. The molecule has 102 valence electrons. The third-order valence-electron chi connectivity index (χ3n) is 2.91.